The second kappa shape index (κ2) is 5.76. The van der Waals surface area contributed by atoms with Crippen molar-refractivity contribution in [1.29, 1.82) is 0 Å². The molecule has 0 aromatic heterocycles. The summed E-state index contributed by atoms with van der Waals surface area (Å²) in [4.78, 5) is 0. The van der Waals surface area contributed by atoms with E-state index in [1.807, 2.05) is 12.1 Å². The van der Waals surface area contributed by atoms with Crippen molar-refractivity contribution in [2.75, 3.05) is 21.3 Å². The monoisotopic (exact) mass is 296 g/mol. The Morgan fingerprint density at radius 2 is 1.59 bits per heavy atom. The van der Waals surface area contributed by atoms with Gasteiger partial charge in [-0.2, -0.15) is 0 Å². The summed E-state index contributed by atoms with van der Waals surface area (Å²) in [6, 6.07) is 10.2. The summed E-state index contributed by atoms with van der Waals surface area (Å²) >= 11 is 0. The summed E-state index contributed by atoms with van der Waals surface area (Å²) in [7, 11) is 5.07. The highest BCUT2D eigenvalue weighted by atomic mass is 16.5. The molecule has 0 bridgehead atoms. The Kier molecular flexibility index (Phi) is 3.80. The Labute approximate surface area is 131 Å². The zero-order valence-corrected chi connectivity index (χ0v) is 13.4. The predicted octanol–water partition coefficient (Wildman–Crippen LogP) is 4.34. The van der Waals surface area contributed by atoms with Crippen molar-refractivity contribution >= 4 is 5.57 Å². The Bertz CT molecular complexity index is 745. The van der Waals surface area contributed by atoms with Gasteiger partial charge in [-0.1, -0.05) is 12.1 Å². The van der Waals surface area contributed by atoms with Gasteiger partial charge < -0.3 is 14.2 Å². The molecule has 22 heavy (non-hydrogen) atoms. The van der Waals surface area contributed by atoms with E-state index in [2.05, 4.69) is 31.2 Å². The Balaban J connectivity index is 2.32. The molecule has 3 heteroatoms. The van der Waals surface area contributed by atoms with Crippen LogP contribution in [0.15, 0.2) is 36.4 Å². The molecule has 0 aliphatic heterocycles. The van der Waals surface area contributed by atoms with Gasteiger partial charge in [0.05, 0.1) is 21.3 Å². The summed E-state index contributed by atoms with van der Waals surface area (Å²) in [5.41, 5.74) is 5.92. The lowest BCUT2D eigenvalue weighted by Gasteiger charge is -2.16. The average molecular weight is 296 g/mol. The molecule has 2 aromatic rings. The summed E-state index contributed by atoms with van der Waals surface area (Å²) in [5.74, 6) is 2.52. The zero-order valence-electron chi connectivity index (χ0n) is 13.4. The van der Waals surface area contributed by atoms with E-state index in [1.165, 1.54) is 16.7 Å². The first kappa shape index (κ1) is 14.5. The summed E-state index contributed by atoms with van der Waals surface area (Å²) < 4.78 is 16.4. The molecule has 0 unspecified atom stereocenters. The maximum atomic E-state index is 5.60. The molecule has 0 N–H and O–H groups in total. The van der Waals surface area contributed by atoms with Crippen LogP contribution in [0.25, 0.3) is 16.7 Å². The predicted molar refractivity (Wildman–Crippen MR) is 88.9 cm³/mol. The van der Waals surface area contributed by atoms with Gasteiger partial charge in [0.15, 0.2) is 0 Å². The van der Waals surface area contributed by atoms with Crippen molar-refractivity contribution in [1.82, 2.24) is 0 Å². The number of hydrogen-bond acceptors (Lipinski definition) is 3. The van der Waals surface area contributed by atoms with Gasteiger partial charge in [-0.05, 0) is 53.8 Å². The smallest absolute Gasteiger partial charge is 0.130 e. The first-order valence-electron chi connectivity index (χ1n) is 7.28. The van der Waals surface area contributed by atoms with Crippen LogP contribution < -0.4 is 14.2 Å². The van der Waals surface area contributed by atoms with Crippen molar-refractivity contribution in [2.24, 2.45) is 0 Å². The van der Waals surface area contributed by atoms with Crippen molar-refractivity contribution < 1.29 is 14.2 Å². The van der Waals surface area contributed by atoms with Crippen molar-refractivity contribution in [2.45, 2.75) is 13.3 Å². The molecule has 1 aliphatic rings. The SMILES string of the molecule is COc1ccc2c(c1)CC=C(C)c1c(OC)cc(OC)cc1-2. The van der Waals surface area contributed by atoms with Crippen LogP contribution in [0.1, 0.15) is 18.1 Å². The van der Waals surface area contributed by atoms with Gasteiger partial charge in [0, 0.05) is 11.6 Å². The van der Waals surface area contributed by atoms with Gasteiger partial charge in [0.2, 0.25) is 0 Å². The lowest BCUT2D eigenvalue weighted by molar-refractivity contribution is 0.394. The molecule has 1 aliphatic carbocycles. The fourth-order valence-electron chi connectivity index (χ4n) is 2.98. The van der Waals surface area contributed by atoms with E-state index in [4.69, 9.17) is 14.2 Å². The first-order chi connectivity index (χ1) is 10.7. The number of benzene rings is 2. The minimum absolute atomic E-state index is 0.798. The van der Waals surface area contributed by atoms with Crippen molar-refractivity contribution in [3.63, 3.8) is 0 Å². The molecule has 3 nitrogen and oxygen atoms in total. The van der Waals surface area contributed by atoms with E-state index in [0.717, 1.165) is 34.8 Å². The Hall–Kier alpha value is -2.42. The van der Waals surface area contributed by atoms with Crippen molar-refractivity contribution in [3.05, 3.63) is 47.5 Å². The van der Waals surface area contributed by atoms with E-state index in [9.17, 15) is 0 Å². The normalized spacial score (nSPS) is 12.6. The topological polar surface area (TPSA) is 27.7 Å². The van der Waals surface area contributed by atoms with Crippen LogP contribution in [0.4, 0.5) is 0 Å². The number of ether oxygens (including phenoxy) is 3. The number of fused-ring (bicyclic) bond motifs is 3. The lowest BCUT2D eigenvalue weighted by atomic mass is 9.93. The van der Waals surface area contributed by atoms with Crippen LogP contribution in [0.3, 0.4) is 0 Å². The molecule has 0 fully saturated rings. The molecule has 2 aromatic carbocycles. The van der Waals surface area contributed by atoms with Crippen LogP contribution >= 0.6 is 0 Å². The molecule has 0 heterocycles. The van der Waals surface area contributed by atoms with Crippen LogP contribution in [0.5, 0.6) is 17.2 Å². The number of methoxy groups -OCH3 is 3. The minimum Gasteiger partial charge on any atom is -0.497 e. The van der Waals surface area contributed by atoms with Gasteiger partial charge in [-0.15, -0.1) is 0 Å². The maximum absolute atomic E-state index is 5.60. The van der Waals surface area contributed by atoms with E-state index in [0.29, 0.717) is 0 Å². The van der Waals surface area contributed by atoms with E-state index < -0.39 is 0 Å². The molecule has 0 saturated carbocycles. The number of rotatable bonds is 3. The highest BCUT2D eigenvalue weighted by Gasteiger charge is 2.20. The highest BCUT2D eigenvalue weighted by Crippen LogP contribution is 2.43. The van der Waals surface area contributed by atoms with E-state index >= 15 is 0 Å². The molecule has 114 valence electrons. The fraction of sp³-hybridized carbons (Fsp3) is 0.263. The molecule has 0 spiro atoms. The molecule has 0 radical (unpaired) electrons. The molecule has 0 amide bonds. The van der Waals surface area contributed by atoms with Crippen LogP contribution in [-0.4, -0.2) is 21.3 Å². The third-order valence-corrected chi connectivity index (χ3v) is 4.16. The summed E-state index contributed by atoms with van der Waals surface area (Å²) in [6.07, 6.45) is 3.11. The van der Waals surface area contributed by atoms with Crippen LogP contribution in [-0.2, 0) is 6.42 Å². The quantitative estimate of drug-likeness (QED) is 0.843. The fourth-order valence-corrected chi connectivity index (χ4v) is 2.98. The summed E-state index contributed by atoms with van der Waals surface area (Å²) in [6.45, 7) is 2.12. The Morgan fingerprint density at radius 1 is 0.818 bits per heavy atom. The summed E-state index contributed by atoms with van der Waals surface area (Å²) in [5, 5.41) is 0. The number of allylic oxidation sites excluding steroid dienone is 2. The van der Waals surface area contributed by atoms with E-state index in [1.54, 1.807) is 21.3 Å². The van der Waals surface area contributed by atoms with Crippen molar-refractivity contribution in [3.8, 4) is 28.4 Å². The van der Waals surface area contributed by atoms with Crippen LogP contribution in [0.2, 0.25) is 0 Å². The molecular weight excluding hydrogens is 276 g/mol. The van der Waals surface area contributed by atoms with E-state index in [-0.39, 0.29) is 0 Å². The highest BCUT2D eigenvalue weighted by molar-refractivity contribution is 5.88. The average Bonchev–Trinajstić information content (AvgIpc) is 2.70. The van der Waals surface area contributed by atoms with Gasteiger partial charge in [-0.3, -0.25) is 0 Å². The molecule has 3 rings (SSSR count). The first-order valence-corrected chi connectivity index (χ1v) is 7.28. The second-order valence-corrected chi connectivity index (χ2v) is 5.37. The van der Waals surface area contributed by atoms with Gasteiger partial charge >= 0.3 is 0 Å². The molecule has 0 saturated heterocycles. The van der Waals surface area contributed by atoms with Gasteiger partial charge in [0.1, 0.15) is 17.2 Å². The Morgan fingerprint density at radius 3 is 2.27 bits per heavy atom. The van der Waals surface area contributed by atoms with Gasteiger partial charge in [-0.25, -0.2) is 0 Å². The lowest BCUT2D eigenvalue weighted by Crippen LogP contribution is -1.96. The third-order valence-electron chi connectivity index (χ3n) is 4.16. The van der Waals surface area contributed by atoms with Gasteiger partial charge in [0.25, 0.3) is 0 Å². The third kappa shape index (κ3) is 2.33. The molecule has 0 atom stereocenters. The maximum Gasteiger partial charge on any atom is 0.130 e. The zero-order chi connectivity index (χ0) is 15.7. The largest absolute Gasteiger partial charge is 0.497 e. The standard InChI is InChI=1S/C19H20O3/c1-12-5-6-13-9-14(20-2)7-8-16(13)17-10-15(21-3)11-18(22-4)19(12)17/h5,7-11H,6H2,1-4H3. The molecular formula is C19H20O3. The number of hydrogen-bond donors (Lipinski definition) is 0. The minimum atomic E-state index is 0.798. The second-order valence-electron chi connectivity index (χ2n) is 5.37. The van der Waals surface area contributed by atoms with Crippen LogP contribution in [0, 0.1) is 0 Å².